The summed E-state index contributed by atoms with van der Waals surface area (Å²) in [6, 6.07) is 11.3. The molecule has 3 rings (SSSR count). The quantitative estimate of drug-likeness (QED) is 0.879. The molecule has 0 saturated heterocycles. The number of hydrogen-bond acceptors (Lipinski definition) is 4. The maximum Gasteiger partial charge on any atom is 0.275 e. The minimum absolute atomic E-state index is 0.166. The normalized spacial score (nSPS) is 15.2. The Kier molecular flexibility index (Phi) is 4.29. The van der Waals surface area contributed by atoms with Gasteiger partial charge in [-0.25, -0.2) is 9.38 Å². The molecule has 1 amide bonds. The van der Waals surface area contributed by atoms with Crippen molar-refractivity contribution in [2.24, 2.45) is 4.99 Å². The largest absolute Gasteiger partial charge is 0.496 e. The lowest BCUT2D eigenvalue weighted by Crippen LogP contribution is -2.25. The fourth-order valence-electron chi connectivity index (χ4n) is 2.40. The molecular weight excluding hydrogens is 311 g/mol. The van der Waals surface area contributed by atoms with Gasteiger partial charge in [0.2, 0.25) is 0 Å². The van der Waals surface area contributed by atoms with Gasteiger partial charge in [-0.15, -0.1) is 0 Å². The number of methoxy groups -OCH3 is 2. The first-order chi connectivity index (χ1) is 11.6. The van der Waals surface area contributed by atoms with E-state index in [1.807, 2.05) is 12.1 Å². The van der Waals surface area contributed by atoms with Crippen molar-refractivity contribution in [3.8, 4) is 11.5 Å². The number of carbonyl (C=O) groups excluding carboxylic acids is 1. The zero-order valence-electron chi connectivity index (χ0n) is 13.2. The van der Waals surface area contributed by atoms with Gasteiger partial charge in [-0.05, 0) is 36.4 Å². The number of nitrogens with one attached hydrogen (secondary N) is 1. The zero-order valence-corrected chi connectivity index (χ0v) is 13.2. The molecule has 0 atom stereocenters. The summed E-state index contributed by atoms with van der Waals surface area (Å²) >= 11 is 0. The lowest BCUT2D eigenvalue weighted by atomic mass is 10.1. The second kappa shape index (κ2) is 6.54. The molecule has 24 heavy (non-hydrogen) atoms. The Morgan fingerprint density at radius 1 is 1.08 bits per heavy atom. The molecule has 1 heterocycles. The van der Waals surface area contributed by atoms with Crippen LogP contribution in [-0.2, 0) is 4.79 Å². The van der Waals surface area contributed by atoms with Crippen LogP contribution < -0.4 is 14.8 Å². The SMILES string of the molecule is COc1ccc(F)cc1/C=C1/N=C(c2ccccc2OC)NC1=O. The summed E-state index contributed by atoms with van der Waals surface area (Å²) in [6.45, 7) is 0. The lowest BCUT2D eigenvalue weighted by molar-refractivity contribution is -0.115. The van der Waals surface area contributed by atoms with Crippen LogP contribution in [0.1, 0.15) is 11.1 Å². The summed E-state index contributed by atoms with van der Waals surface area (Å²) in [5.74, 6) is 0.648. The van der Waals surface area contributed by atoms with E-state index < -0.39 is 5.82 Å². The van der Waals surface area contributed by atoms with Crippen LogP contribution in [-0.4, -0.2) is 26.0 Å². The average molecular weight is 326 g/mol. The van der Waals surface area contributed by atoms with Gasteiger partial charge in [0.15, 0.2) is 0 Å². The maximum atomic E-state index is 13.5. The van der Waals surface area contributed by atoms with Crippen molar-refractivity contribution < 1.29 is 18.7 Å². The van der Waals surface area contributed by atoms with Crippen molar-refractivity contribution in [1.82, 2.24) is 5.32 Å². The van der Waals surface area contributed by atoms with E-state index in [1.54, 1.807) is 19.2 Å². The Hall–Kier alpha value is -3.15. The molecule has 0 spiro atoms. The molecule has 122 valence electrons. The molecule has 2 aromatic rings. The number of ether oxygens (including phenoxy) is 2. The number of halogens is 1. The zero-order chi connectivity index (χ0) is 17.1. The van der Waals surface area contributed by atoms with E-state index in [9.17, 15) is 9.18 Å². The van der Waals surface area contributed by atoms with Crippen molar-refractivity contribution in [1.29, 1.82) is 0 Å². The highest BCUT2D eigenvalue weighted by Gasteiger charge is 2.23. The highest BCUT2D eigenvalue weighted by Crippen LogP contribution is 2.25. The number of benzene rings is 2. The molecule has 0 bridgehead atoms. The molecule has 1 aliphatic heterocycles. The third-order valence-electron chi connectivity index (χ3n) is 3.54. The number of para-hydroxylation sites is 1. The van der Waals surface area contributed by atoms with Gasteiger partial charge in [0.1, 0.15) is 28.8 Å². The van der Waals surface area contributed by atoms with Gasteiger partial charge in [0.25, 0.3) is 5.91 Å². The van der Waals surface area contributed by atoms with E-state index in [2.05, 4.69) is 10.3 Å². The Balaban J connectivity index is 2.02. The topological polar surface area (TPSA) is 59.9 Å². The molecule has 0 unspecified atom stereocenters. The standard InChI is InChI=1S/C18H15FN2O3/c1-23-15-8-7-12(19)9-11(15)10-14-18(22)21-17(20-14)13-5-3-4-6-16(13)24-2/h3-10H,1-2H3,(H,20,21,22)/b14-10+. The molecule has 1 N–H and O–H groups in total. The van der Waals surface area contributed by atoms with Crippen LogP contribution in [0, 0.1) is 5.82 Å². The Bertz CT molecular complexity index is 859. The van der Waals surface area contributed by atoms with Crippen LogP contribution in [0.4, 0.5) is 4.39 Å². The summed E-state index contributed by atoms with van der Waals surface area (Å²) in [5, 5.41) is 2.70. The molecule has 1 aliphatic rings. The highest BCUT2D eigenvalue weighted by molar-refractivity contribution is 6.20. The van der Waals surface area contributed by atoms with Crippen molar-refractivity contribution >= 4 is 17.8 Å². The van der Waals surface area contributed by atoms with E-state index in [1.165, 1.54) is 31.4 Å². The summed E-state index contributed by atoms with van der Waals surface area (Å²) < 4.78 is 23.9. The maximum absolute atomic E-state index is 13.5. The fraction of sp³-hybridized carbons (Fsp3) is 0.111. The second-order valence-corrected chi connectivity index (χ2v) is 5.03. The first kappa shape index (κ1) is 15.7. The summed E-state index contributed by atoms with van der Waals surface area (Å²) in [6.07, 6.45) is 1.49. The van der Waals surface area contributed by atoms with E-state index in [0.717, 1.165) is 0 Å². The minimum Gasteiger partial charge on any atom is -0.496 e. The Morgan fingerprint density at radius 3 is 2.58 bits per heavy atom. The smallest absolute Gasteiger partial charge is 0.275 e. The number of amides is 1. The van der Waals surface area contributed by atoms with Gasteiger partial charge in [-0.2, -0.15) is 0 Å². The van der Waals surface area contributed by atoms with Crippen LogP contribution >= 0.6 is 0 Å². The van der Waals surface area contributed by atoms with E-state index in [-0.39, 0.29) is 11.6 Å². The summed E-state index contributed by atoms with van der Waals surface area (Å²) in [4.78, 5) is 16.5. The molecule has 5 nitrogen and oxygen atoms in total. The summed E-state index contributed by atoms with van der Waals surface area (Å²) in [7, 11) is 3.03. The Labute approximate surface area is 138 Å². The average Bonchev–Trinajstić information content (AvgIpc) is 2.95. The van der Waals surface area contributed by atoms with E-state index >= 15 is 0 Å². The minimum atomic E-state index is -0.421. The van der Waals surface area contributed by atoms with Crippen LogP contribution in [0.2, 0.25) is 0 Å². The third-order valence-corrected chi connectivity index (χ3v) is 3.54. The van der Waals surface area contributed by atoms with Gasteiger partial charge in [-0.3, -0.25) is 4.79 Å². The molecule has 0 saturated carbocycles. The van der Waals surface area contributed by atoms with Crippen LogP contribution in [0.15, 0.2) is 53.2 Å². The van der Waals surface area contributed by atoms with Crippen molar-refractivity contribution in [3.63, 3.8) is 0 Å². The number of carbonyl (C=O) groups is 1. The number of hydrogen-bond donors (Lipinski definition) is 1. The first-order valence-electron chi connectivity index (χ1n) is 7.21. The van der Waals surface area contributed by atoms with Crippen molar-refractivity contribution in [3.05, 3.63) is 65.1 Å². The van der Waals surface area contributed by atoms with Gasteiger partial charge < -0.3 is 14.8 Å². The number of rotatable bonds is 4. The van der Waals surface area contributed by atoms with Crippen molar-refractivity contribution in [2.75, 3.05) is 14.2 Å². The molecule has 0 aliphatic carbocycles. The fourth-order valence-corrected chi connectivity index (χ4v) is 2.40. The molecule has 0 fully saturated rings. The van der Waals surface area contributed by atoms with Crippen LogP contribution in [0.25, 0.3) is 6.08 Å². The van der Waals surface area contributed by atoms with E-state index in [0.29, 0.717) is 28.5 Å². The molecule has 0 aromatic heterocycles. The number of nitrogens with zero attached hydrogens (tertiary/aromatic N) is 1. The summed E-state index contributed by atoms with van der Waals surface area (Å²) in [5.41, 5.74) is 1.27. The van der Waals surface area contributed by atoms with Gasteiger partial charge in [0, 0.05) is 5.56 Å². The molecule has 0 radical (unpaired) electrons. The first-order valence-corrected chi connectivity index (χ1v) is 7.21. The van der Waals surface area contributed by atoms with Gasteiger partial charge in [-0.1, -0.05) is 12.1 Å². The molecule has 6 heteroatoms. The Morgan fingerprint density at radius 2 is 1.83 bits per heavy atom. The molecular formula is C18H15FN2O3. The monoisotopic (exact) mass is 326 g/mol. The number of aliphatic imine (C=N–C) groups is 1. The number of amidine groups is 1. The van der Waals surface area contributed by atoms with Crippen molar-refractivity contribution in [2.45, 2.75) is 0 Å². The highest BCUT2D eigenvalue weighted by atomic mass is 19.1. The molecule has 2 aromatic carbocycles. The second-order valence-electron chi connectivity index (χ2n) is 5.03. The predicted octanol–water partition coefficient (Wildman–Crippen LogP) is 2.76. The van der Waals surface area contributed by atoms with Gasteiger partial charge >= 0.3 is 0 Å². The van der Waals surface area contributed by atoms with E-state index in [4.69, 9.17) is 9.47 Å². The third kappa shape index (κ3) is 2.99. The van der Waals surface area contributed by atoms with Crippen LogP contribution in [0.5, 0.6) is 11.5 Å². The van der Waals surface area contributed by atoms with Crippen LogP contribution in [0.3, 0.4) is 0 Å². The lowest BCUT2D eigenvalue weighted by Gasteiger charge is -2.06. The van der Waals surface area contributed by atoms with Gasteiger partial charge in [0.05, 0.1) is 19.8 Å². The predicted molar refractivity (Wildman–Crippen MR) is 88.6 cm³/mol.